The summed E-state index contributed by atoms with van der Waals surface area (Å²) >= 11 is 0. The average Bonchev–Trinajstić information content (AvgIpc) is 2.47. The minimum absolute atomic E-state index is 0.457. The number of hydrogen-bond donors (Lipinski definition) is 1. The number of benzene rings is 1. The SMILES string of the molecule is CCCCCC(CCCCC)N[C@H](C)c1cccc(C)c1. The fraction of sp³-hybridized carbons (Fsp3) is 0.700. The molecule has 21 heavy (non-hydrogen) atoms. The minimum atomic E-state index is 0.457. The third-order valence-electron chi connectivity index (χ3n) is 4.34. The first-order valence-electron chi connectivity index (χ1n) is 9.00. The Hall–Kier alpha value is -0.820. The molecule has 120 valence electrons. The van der Waals surface area contributed by atoms with Gasteiger partial charge in [0.1, 0.15) is 0 Å². The number of rotatable bonds is 11. The maximum atomic E-state index is 3.88. The van der Waals surface area contributed by atoms with Crippen LogP contribution in [0.1, 0.15) is 89.3 Å². The minimum Gasteiger partial charge on any atom is -0.307 e. The summed E-state index contributed by atoms with van der Waals surface area (Å²) < 4.78 is 0. The molecule has 1 N–H and O–H groups in total. The van der Waals surface area contributed by atoms with Crippen LogP contribution in [0, 0.1) is 6.92 Å². The van der Waals surface area contributed by atoms with Crippen LogP contribution in [-0.4, -0.2) is 6.04 Å². The first-order valence-corrected chi connectivity index (χ1v) is 9.00. The number of aryl methyl sites for hydroxylation is 1. The summed E-state index contributed by atoms with van der Waals surface area (Å²) in [5.41, 5.74) is 2.78. The van der Waals surface area contributed by atoms with E-state index in [4.69, 9.17) is 0 Å². The molecule has 0 unspecified atom stereocenters. The highest BCUT2D eigenvalue weighted by Crippen LogP contribution is 2.18. The Kier molecular flexibility index (Phi) is 9.41. The second kappa shape index (κ2) is 10.8. The molecule has 0 bridgehead atoms. The molecule has 0 aliphatic rings. The molecular formula is C20H35N. The summed E-state index contributed by atoms with van der Waals surface area (Å²) in [7, 11) is 0. The van der Waals surface area contributed by atoms with Gasteiger partial charge in [0, 0.05) is 12.1 Å². The standard InChI is InChI=1S/C20H35N/c1-5-7-9-14-20(15-10-8-6-2)21-18(4)19-13-11-12-17(3)16-19/h11-13,16,18,20-21H,5-10,14-15H2,1-4H3/t18-/m1/s1. The van der Waals surface area contributed by atoms with E-state index in [2.05, 4.69) is 57.3 Å². The van der Waals surface area contributed by atoms with Gasteiger partial charge in [-0.25, -0.2) is 0 Å². The van der Waals surface area contributed by atoms with Crippen molar-refractivity contribution in [1.29, 1.82) is 0 Å². The zero-order valence-corrected chi connectivity index (χ0v) is 14.6. The van der Waals surface area contributed by atoms with Crippen LogP contribution in [-0.2, 0) is 0 Å². The number of nitrogens with one attached hydrogen (secondary N) is 1. The lowest BCUT2D eigenvalue weighted by Crippen LogP contribution is -2.31. The van der Waals surface area contributed by atoms with Crippen LogP contribution in [0.25, 0.3) is 0 Å². The van der Waals surface area contributed by atoms with Crippen molar-refractivity contribution >= 4 is 0 Å². The van der Waals surface area contributed by atoms with E-state index in [1.165, 1.54) is 62.5 Å². The lowest BCUT2D eigenvalue weighted by molar-refractivity contribution is 0.384. The highest BCUT2D eigenvalue weighted by molar-refractivity contribution is 5.24. The Labute approximate surface area is 132 Å². The second-order valence-electron chi connectivity index (χ2n) is 6.49. The molecule has 0 heterocycles. The fourth-order valence-corrected chi connectivity index (χ4v) is 2.98. The van der Waals surface area contributed by atoms with Crippen molar-refractivity contribution in [3.05, 3.63) is 35.4 Å². The summed E-state index contributed by atoms with van der Waals surface area (Å²) in [6, 6.07) is 10.0. The summed E-state index contributed by atoms with van der Waals surface area (Å²) in [6.45, 7) is 9.06. The van der Waals surface area contributed by atoms with E-state index in [-0.39, 0.29) is 0 Å². The molecule has 1 aromatic rings. The van der Waals surface area contributed by atoms with Crippen LogP contribution in [0.2, 0.25) is 0 Å². The molecule has 0 aliphatic heterocycles. The van der Waals surface area contributed by atoms with Gasteiger partial charge in [-0.05, 0) is 32.3 Å². The Morgan fingerprint density at radius 2 is 1.57 bits per heavy atom. The molecule has 1 atom stereocenters. The first kappa shape index (κ1) is 18.2. The maximum Gasteiger partial charge on any atom is 0.0294 e. The van der Waals surface area contributed by atoms with Gasteiger partial charge in [0.25, 0.3) is 0 Å². The highest BCUT2D eigenvalue weighted by atomic mass is 14.9. The largest absolute Gasteiger partial charge is 0.307 e. The molecule has 0 radical (unpaired) electrons. The van der Waals surface area contributed by atoms with E-state index < -0.39 is 0 Å². The van der Waals surface area contributed by atoms with Crippen LogP contribution < -0.4 is 5.32 Å². The van der Waals surface area contributed by atoms with Crippen molar-refractivity contribution in [2.24, 2.45) is 0 Å². The molecular weight excluding hydrogens is 254 g/mol. The smallest absolute Gasteiger partial charge is 0.0294 e. The highest BCUT2D eigenvalue weighted by Gasteiger charge is 2.13. The topological polar surface area (TPSA) is 12.0 Å². The molecule has 0 saturated heterocycles. The Bertz CT molecular complexity index is 362. The predicted octanol–water partition coefficient (Wildman–Crippen LogP) is 6.17. The van der Waals surface area contributed by atoms with E-state index in [1.54, 1.807) is 0 Å². The molecule has 1 aromatic carbocycles. The Balaban J connectivity index is 2.52. The van der Waals surface area contributed by atoms with Crippen LogP contribution >= 0.6 is 0 Å². The van der Waals surface area contributed by atoms with Crippen molar-refractivity contribution in [3.63, 3.8) is 0 Å². The van der Waals surface area contributed by atoms with Gasteiger partial charge in [-0.2, -0.15) is 0 Å². The monoisotopic (exact) mass is 289 g/mol. The van der Waals surface area contributed by atoms with Crippen LogP contribution in [0.4, 0.5) is 0 Å². The van der Waals surface area contributed by atoms with E-state index in [0.717, 1.165) is 0 Å². The molecule has 1 nitrogen and oxygen atoms in total. The normalized spacial score (nSPS) is 12.8. The summed E-state index contributed by atoms with van der Waals surface area (Å²) in [6.07, 6.45) is 10.7. The van der Waals surface area contributed by atoms with Gasteiger partial charge >= 0.3 is 0 Å². The fourth-order valence-electron chi connectivity index (χ4n) is 2.98. The van der Waals surface area contributed by atoms with Crippen molar-refractivity contribution < 1.29 is 0 Å². The predicted molar refractivity (Wildman–Crippen MR) is 94.8 cm³/mol. The molecule has 0 fully saturated rings. The van der Waals surface area contributed by atoms with Crippen molar-refractivity contribution in [2.45, 2.75) is 91.1 Å². The van der Waals surface area contributed by atoms with E-state index in [9.17, 15) is 0 Å². The number of hydrogen-bond acceptors (Lipinski definition) is 1. The van der Waals surface area contributed by atoms with E-state index in [1.807, 2.05) is 0 Å². The zero-order valence-electron chi connectivity index (χ0n) is 14.6. The van der Waals surface area contributed by atoms with Gasteiger partial charge in [0.05, 0.1) is 0 Å². The van der Waals surface area contributed by atoms with Gasteiger partial charge in [0.2, 0.25) is 0 Å². The molecule has 0 aromatic heterocycles. The Morgan fingerprint density at radius 1 is 0.952 bits per heavy atom. The molecule has 0 amide bonds. The third-order valence-corrected chi connectivity index (χ3v) is 4.34. The lowest BCUT2D eigenvalue weighted by Gasteiger charge is -2.24. The molecule has 0 spiro atoms. The third kappa shape index (κ3) is 7.66. The summed E-state index contributed by atoms with van der Waals surface area (Å²) in [4.78, 5) is 0. The van der Waals surface area contributed by atoms with Crippen LogP contribution in [0.5, 0.6) is 0 Å². The van der Waals surface area contributed by atoms with Gasteiger partial charge < -0.3 is 5.32 Å². The molecule has 0 saturated carbocycles. The summed E-state index contributed by atoms with van der Waals surface area (Å²) in [5, 5.41) is 3.88. The molecule has 1 heteroatoms. The summed E-state index contributed by atoms with van der Waals surface area (Å²) in [5.74, 6) is 0. The maximum absolute atomic E-state index is 3.88. The lowest BCUT2D eigenvalue weighted by atomic mass is 9.99. The van der Waals surface area contributed by atoms with Crippen molar-refractivity contribution in [3.8, 4) is 0 Å². The number of unbranched alkanes of at least 4 members (excludes halogenated alkanes) is 4. The van der Waals surface area contributed by atoms with E-state index >= 15 is 0 Å². The van der Waals surface area contributed by atoms with Crippen molar-refractivity contribution in [1.82, 2.24) is 5.32 Å². The molecule has 1 rings (SSSR count). The Morgan fingerprint density at radius 3 is 2.10 bits per heavy atom. The van der Waals surface area contributed by atoms with Gasteiger partial charge in [-0.1, -0.05) is 82.2 Å². The van der Waals surface area contributed by atoms with Gasteiger partial charge in [-0.15, -0.1) is 0 Å². The van der Waals surface area contributed by atoms with Gasteiger partial charge in [-0.3, -0.25) is 0 Å². The van der Waals surface area contributed by atoms with Crippen LogP contribution in [0.15, 0.2) is 24.3 Å². The first-order chi connectivity index (χ1) is 10.2. The zero-order chi connectivity index (χ0) is 15.5. The van der Waals surface area contributed by atoms with Crippen molar-refractivity contribution in [2.75, 3.05) is 0 Å². The average molecular weight is 290 g/mol. The quantitative estimate of drug-likeness (QED) is 0.480. The molecule has 0 aliphatic carbocycles. The second-order valence-corrected chi connectivity index (χ2v) is 6.49. The van der Waals surface area contributed by atoms with Crippen LogP contribution in [0.3, 0.4) is 0 Å². The van der Waals surface area contributed by atoms with Gasteiger partial charge in [0.15, 0.2) is 0 Å². The van der Waals surface area contributed by atoms with E-state index in [0.29, 0.717) is 12.1 Å².